The summed E-state index contributed by atoms with van der Waals surface area (Å²) in [6.07, 6.45) is 18.1. The minimum Gasteiger partial charge on any atom is -0.481 e. The summed E-state index contributed by atoms with van der Waals surface area (Å²) in [7, 11) is 0. The van der Waals surface area contributed by atoms with Crippen molar-refractivity contribution in [2.45, 2.75) is 122 Å². The molecular weight excluding hydrogens is 654 g/mol. The summed E-state index contributed by atoms with van der Waals surface area (Å²) in [5.41, 5.74) is 0. The highest BCUT2D eigenvalue weighted by Gasteiger charge is 2.21. The molecule has 0 aromatic heterocycles. The van der Waals surface area contributed by atoms with Gasteiger partial charge in [0.1, 0.15) is 19.3 Å². The second-order valence-corrected chi connectivity index (χ2v) is 12.0. The van der Waals surface area contributed by atoms with Crippen LogP contribution < -0.4 is 16.0 Å². The molecule has 0 aromatic carbocycles. The number of carbonyl (C=O) groups is 5. The molecule has 0 saturated carbocycles. The third kappa shape index (κ3) is 34.7. The van der Waals surface area contributed by atoms with Crippen LogP contribution in [-0.4, -0.2) is 118 Å². The van der Waals surface area contributed by atoms with E-state index >= 15 is 0 Å². The fraction of sp³-hybridized carbons (Fsp3) is 0.829. The van der Waals surface area contributed by atoms with Crippen molar-refractivity contribution in [3.8, 4) is 0 Å². The van der Waals surface area contributed by atoms with E-state index in [-0.39, 0.29) is 83.9 Å². The summed E-state index contributed by atoms with van der Waals surface area (Å²) >= 11 is 0. The molecule has 0 saturated heterocycles. The molecule has 0 aliphatic rings. The Morgan fingerprint density at radius 3 is 1.44 bits per heavy atom. The predicted molar refractivity (Wildman–Crippen MR) is 185 cm³/mol. The van der Waals surface area contributed by atoms with Crippen LogP contribution in [0.5, 0.6) is 0 Å². The summed E-state index contributed by atoms with van der Waals surface area (Å²) in [5, 5.41) is 25.7. The maximum atomic E-state index is 12.1. The van der Waals surface area contributed by atoms with Crippen LogP contribution in [0.15, 0.2) is 0 Å². The van der Waals surface area contributed by atoms with Gasteiger partial charge in [-0.15, -0.1) is 0 Å². The van der Waals surface area contributed by atoms with E-state index in [4.69, 9.17) is 24.1 Å². The largest absolute Gasteiger partial charge is 0.481 e. The molecule has 3 amide bonds. The minimum absolute atomic E-state index is 0.00363. The first-order chi connectivity index (χ1) is 24.3. The summed E-state index contributed by atoms with van der Waals surface area (Å²) in [4.78, 5) is 68.0. The molecule has 0 bridgehead atoms. The summed E-state index contributed by atoms with van der Waals surface area (Å²) in [5.74, 6) is -2.98. The number of carbonyl (C=O) groups excluding carboxylic acids is 4. The van der Waals surface area contributed by atoms with Gasteiger partial charge < -0.3 is 45.1 Å². The molecule has 1 atom stereocenters. The molecule has 0 aromatic rings. The highest BCUT2D eigenvalue weighted by atomic mass is 16.5. The summed E-state index contributed by atoms with van der Waals surface area (Å²) in [6, 6.07) is -1.24. The molecule has 15 nitrogen and oxygen atoms in total. The Hall–Kier alpha value is -3.14. The number of carboxylic acid groups (broad SMARTS) is 2. The molecule has 15 heteroatoms. The lowest BCUT2D eigenvalue weighted by Gasteiger charge is -2.14. The van der Waals surface area contributed by atoms with Gasteiger partial charge in [-0.1, -0.05) is 77.0 Å². The average molecular weight is 717 g/mol. The van der Waals surface area contributed by atoms with Crippen LogP contribution in [0.1, 0.15) is 116 Å². The molecular formula is C35H62N3O12. The Morgan fingerprint density at radius 2 is 0.960 bits per heavy atom. The number of carboxylic acids is 2. The molecule has 289 valence electrons. The number of rotatable bonds is 38. The zero-order chi connectivity index (χ0) is 36.9. The van der Waals surface area contributed by atoms with E-state index in [1.165, 1.54) is 51.4 Å². The molecule has 0 aliphatic carbocycles. The van der Waals surface area contributed by atoms with Gasteiger partial charge in [-0.05, 0) is 19.3 Å². The van der Waals surface area contributed by atoms with E-state index in [9.17, 15) is 33.9 Å². The van der Waals surface area contributed by atoms with Crippen molar-refractivity contribution < 1.29 is 57.9 Å². The zero-order valence-electron chi connectivity index (χ0n) is 29.9. The van der Waals surface area contributed by atoms with Gasteiger partial charge in [-0.3, -0.25) is 24.0 Å². The Morgan fingerprint density at radius 1 is 0.520 bits per heavy atom. The molecule has 0 heterocycles. The number of hydrogen-bond acceptors (Lipinski definition) is 10. The number of ether oxygens (including phenoxy) is 4. The SMILES string of the molecule is O=[C]COCCOCCNC(=O)CC[C@H](NC(=O)COCCOCCNC(=O)CCCCCCCCCCCCCCCCC(=O)O)C(=O)O. The van der Waals surface area contributed by atoms with E-state index in [0.717, 1.165) is 38.5 Å². The van der Waals surface area contributed by atoms with Crippen LogP contribution in [0.25, 0.3) is 0 Å². The van der Waals surface area contributed by atoms with E-state index in [0.29, 0.717) is 19.6 Å². The van der Waals surface area contributed by atoms with E-state index in [1.54, 1.807) is 6.29 Å². The topological polar surface area (TPSA) is 216 Å². The molecule has 0 aliphatic heterocycles. The van der Waals surface area contributed by atoms with Crippen LogP contribution in [-0.2, 0) is 47.7 Å². The first kappa shape index (κ1) is 46.9. The Bertz CT molecular complexity index is 906. The summed E-state index contributed by atoms with van der Waals surface area (Å²) in [6.45, 7) is 1.44. The number of hydrogen-bond donors (Lipinski definition) is 5. The number of nitrogens with one attached hydrogen (secondary N) is 3. The van der Waals surface area contributed by atoms with Crippen LogP contribution in [0.2, 0.25) is 0 Å². The van der Waals surface area contributed by atoms with Gasteiger partial charge in [-0.25, -0.2) is 4.79 Å². The monoisotopic (exact) mass is 716 g/mol. The van der Waals surface area contributed by atoms with E-state index < -0.39 is 23.9 Å². The van der Waals surface area contributed by atoms with Crippen molar-refractivity contribution >= 4 is 35.9 Å². The van der Waals surface area contributed by atoms with Crippen molar-refractivity contribution in [2.75, 3.05) is 65.9 Å². The lowest BCUT2D eigenvalue weighted by Crippen LogP contribution is -2.43. The number of aliphatic carboxylic acids is 2. The Balaban J connectivity index is 3.58. The van der Waals surface area contributed by atoms with Crippen molar-refractivity contribution in [3.05, 3.63) is 0 Å². The third-order valence-electron chi connectivity index (χ3n) is 7.61. The lowest BCUT2D eigenvalue weighted by molar-refractivity contribution is -0.143. The second-order valence-electron chi connectivity index (χ2n) is 12.0. The van der Waals surface area contributed by atoms with Crippen LogP contribution in [0, 0.1) is 0 Å². The molecule has 5 N–H and O–H groups in total. The number of unbranched alkanes of at least 4 members (excludes halogenated alkanes) is 13. The number of amides is 3. The predicted octanol–water partition coefficient (Wildman–Crippen LogP) is 3.07. The maximum absolute atomic E-state index is 12.1. The quantitative estimate of drug-likeness (QED) is 0.0583. The highest BCUT2D eigenvalue weighted by Crippen LogP contribution is 2.13. The zero-order valence-corrected chi connectivity index (χ0v) is 29.9. The first-order valence-electron chi connectivity index (χ1n) is 18.2. The van der Waals surface area contributed by atoms with Crippen molar-refractivity contribution in [3.63, 3.8) is 0 Å². The average Bonchev–Trinajstić information content (AvgIpc) is 3.08. The van der Waals surface area contributed by atoms with Gasteiger partial charge >= 0.3 is 11.9 Å². The molecule has 1 radical (unpaired) electrons. The van der Waals surface area contributed by atoms with Gasteiger partial charge in [-0.2, -0.15) is 0 Å². The Kier molecular flexibility index (Phi) is 33.4. The van der Waals surface area contributed by atoms with E-state index in [1.807, 2.05) is 0 Å². The van der Waals surface area contributed by atoms with Gasteiger partial charge in [0.05, 0.1) is 39.6 Å². The van der Waals surface area contributed by atoms with Crippen LogP contribution >= 0.6 is 0 Å². The minimum atomic E-state index is -1.26. The third-order valence-corrected chi connectivity index (χ3v) is 7.61. The lowest BCUT2D eigenvalue weighted by atomic mass is 10.0. The van der Waals surface area contributed by atoms with E-state index in [2.05, 4.69) is 16.0 Å². The molecule has 0 unspecified atom stereocenters. The van der Waals surface area contributed by atoms with Crippen molar-refractivity contribution in [1.29, 1.82) is 0 Å². The van der Waals surface area contributed by atoms with Gasteiger partial charge in [0.15, 0.2) is 0 Å². The normalized spacial score (nSPS) is 11.5. The standard InChI is InChI=1S/C35H62N3O12/c39-21-24-49-26-25-47-23-20-37-32(41)18-17-30(35(45)46)38-33(42)29-50-28-27-48-22-19-36-31(40)15-13-11-9-7-5-3-1-2-4-6-8-10-12-14-16-34(43)44/h30H,1-20,22-29H2,(H,36,40)(H,37,41)(H,38,42)(H,43,44)(H,45,46)/t30-/m0/s1. The molecule has 0 rings (SSSR count). The van der Waals surface area contributed by atoms with Crippen LogP contribution in [0.4, 0.5) is 0 Å². The van der Waals surface area contributed by atoms with Gasteiger partial charge in [0.2, 0.25) is 24.0 Å². The maximum Gasteiger partial charge on any atom is 0.326 e. The summed E-state index contributed by atoms with van der Waals surface area (Å²) < 4.78 is 20.7. The highest BCUT2D eigenvalue weighted by molar-refractivity contribution is 5.85. The second kappa shape index (κ2) is 35.7. The van der Waals surface area contributed by atoms with Gasteiger partial charge in [0.25, 0.3) is 0 Å². The van der Waals surface area contributed by atoms with Crippen molar-refractivity contribution in [2.24, 2.45) is 0 Å². The molecule has 50 heavy (non-hydrogen) atoms. The van der Waals surface area contributed by atoms with Crippen molar-refractivity contribution in [1.82, 2.24) is 16.0 Å². The molecule has 0 fully saturated rings. The smallest absolute Gasteiger partial charge is 0.326 e. The van der Waals surface area contributed by atoms with Gasteiger partial charge in [0, 0.05) is 32.4 Å². The fourth-order valence-electron chi connectivity index (χ4n) is 4.87. The molecule has 0 spiro atoms. The first-order valence-corrected chi connectivity index (χ1v) is 18.2. The fourth-order valence-corrected chi connectivity index (χ4v) is 4.87. The van der Waals surface area contributed by atoms with Crippen LogP contribution in [0.3, 0.4) is 0 Å². The Labute approximate surface area is 297 Å².